The molecule has 3 unspecified atom stereocenters. The van der Waals surface area contributed by atoms with Crippen molar-refractivity contribution in [3.63, 3.8) is 0 Å². The van der Waals surface area contributed by atoms with Gasteiger partial charge in [-0.1, -0.05) is 53.5 Å². The molecule has 0 aliphatic rings. The van der Waals surface area contributed by atoms with Gasteiger partial charge in [0.05, 0.1) is 7.11 Å². The van der Waals surface area contributed by atoms with Crippen molar-refractivity contribution < 1.29 is 42.9 Å². The number of methoxy groups -OCH3 is 1. The lowest BCUT2D eigenvalue weighted by molar-refractivity contribution is -0.143. The van der Waals surface area contributed by atoms with Crippen molar-refractivity contribution in [1.82, 2.24) is 5.32 Å². The Morgan fingerprint density at radius 1 is 0.846 bits per heavy atom. The van der Waals surface area contributed by atoms with Crippen molar-refractivity contribution in [3.05, 3.63) is 23.8 Å². The predicted molar refractivity (Wildman–Crippen MR) is 146 cm³/mol. The Kier molecular flexibility index (Phi) is 15.8. The summed E-state index contributed by atoms with van der Waals surface area (Å²) in [6.45, 7) is 11.7. The topological polar surface area (TPSA) is 126 Å². The first kappa shape index (κ1) is 33.9. The number of ether oxygens (including phenoxy) is 5. The number of hydrogen-bond acceptors (Lipinski definition) is 10. The minimum absolute atomic E-state index is 0.00763. The molecule has 1 aromatic rings. The molecule has 0 radical (unpaired) electrons. The Balaban J connectivity index is 3.00. The summed E-state index contributed by atoms with van der Waals surface area (Å²) in [6.07, 6.45) is 1.92. The predicted octanol–water partition coefficient (Wildman–Crippen LogP) is 5.00. The summed E-state index contributed by atoms with van der Waals surface area (Å²) < 4.78 is 26.1. The maximum absolute atomic E-state index is 12.5. The zero-order valence-corrected chi connectivity index (χ0v) is 24.4. The van der Waals surface area contributed by atoms with Gasteiger partial charge >= 0.3 is 24.1 Å². The summed E-state index contributed by atoms with van der Waals surface area (Å²) in [5.74, 6) is -0.840. The van der Waals surface area contributed by atoms with Crippen LogP contribution in [0.2, 0.25) is 0 Å². The molecule has 1 aromatic carbocycles. The number of carbonyl (C=O) groups excluding carboxylic acids is 4. The SMILES string of the molecule is CCC(C)CC(=O)Oc1ccc(C[C@H](NCCOC(=O)OC(C)CC)C(=O)OC)cc1OC(=O)CC(C)CC. The molecule has 0 saturated carbocycles. The van der Waals surface area contributed by atoms with Gasteiger partial charge in [-0.15, -0.1) is 0 Å². The summed E-state index contributed by atoms with van der Waals surface area (Å²) in [7, 11) is 1.28. The van der Waals surface area contributed by atoms with E-state index in [9.17, 15) is 19.2 Å². The zero-order valence-electron chi connectivity index (χ0n) is 24.4. The fourth-order valence-corrected chi connectivity index (χ4v) is 3.30. The van der Waals surface area contributed by atoms with Gasteiger partial charge in [0.1, 0.15) is 18.8 Å². The molecule has 0 bridgehead atoms. The lowest BCUT2D eigenvalue weighted by atomic mass is 10.0. The summed E-state index contributed by atoms with van der Waals surface area (Å²) in [4.78, 5) is 49.1. The first-order chi connectivity index (χ1) is 18.5. The summed E-state index contributed by atoms with van der Waals surface area (Å²) in [5.41, 5.74) is 0.642. The van der Waals surface area contributed by atoms with Crippen LogP contribution in [0.4, 0.5) is 4.79 Å². The van der Waals surface area contributed by atoms with Crippen molar-refractivity contribution in [1.29, 1.82) is 0 Å². The lowest BCUT2D eigenvalue weighted by Gasteiger charge is -2.18. The highest BCUT2D eigenvalue weighted by Gasteiger charge is 2.22. The van der Waals surface area contributed by atoms with E-state index in [-0.39, 0.29) is 61.9 Å². The highest BCUT2D eigenvalue weighted by molar-refractivity contribution is 5.77. The van der Waals surface area contributed by atoms with Crippen molar-refractivity contribution in [2.45, 2.75) is 92.2 Å². The number of hydrogen-bond donors (Lipinski definition) is 1. The van der Waals surface area contributed by atoms with E-state index in [1.54, 1.807) is 25.1 Å². The van der Waals surface area contributed by atoms with Crippen LogP contribution in [0.3, 0.4) is 0 Å². The second-order valence-electron chi connectivity index (χ2n) is 9.83. The van der Waals surface area contributed by atoms with E-state index in [0.717, 1.165) is 12.8 Å². The molecule has 10 heteroatoms. The Hall–Kier alpha value is -3.14. The van der Waals surface area contributed by atoms with Crippen molar-refractivity contribution in [2.75, 3.05) is 20.3 Å². The molecule has 0 aliphatic carbocycles. The van der Waals surface area contributed by atoms with Gasteiger partial charge in [0.15, 0.2) is 11.5 Å². The molecule has 0 heterocycles. The number of benzene rings is 1. The van der Waals surface area contributed by atoms with E-state index in [1.165, 1.54) is 7.11 Å². The Bertz CT molecular complexity index is 933. The van der Waals surface area contributed by atoms with Crippen molar-refractivity contribution in [2.24, 2.45) is 11.8 Å². The first-order valence-corrected chi connectivity index (χ1v) is 13.7. The molecule has 4 atom stereocenters. The van der Waals surface area contributed by atoms with Crippen LogP contribution in [0.15, 0.2) is 18.2 Å². The molecule has 39 heavy (non-hydrogen) atoms. The maximum Gasteiger partial charge on any atom is 0.508 e. The molecule has 1 rings (SSSR count). The highest BCUT2D eigenvalue weighted by Crippen LogP contribution is 2.31. The fourth-order valence-electron chi connectivity index (χ4n) is 3.30. The number of nitrogens with one attached hydrogen (secondary N) is 1. The summed E-state index contributed by atoms with van der Waals surface area (Å²) in [5, 5.41) is 3.01. The van der Waals surface area contributed by atoms with Gasteiger partial charge in [0.25, 0.3) is 0 Å². The first-order valence-electron chi connectivity index (χ1n) is 13.7. The van der Waals surface area contributed by atoms with Crippen molar-refractivity contribution in [3.8, 4) is 11.5 Å². The molecule has 0 aliphatic heterocycles. The molecule has 1 N–H and O–H groups in total. The average molecular weight is 552 g/mol. The molecule has 0 spiro atoms. The van der Waals surface area contributed by atoms with E-state index in [2.05, 4.69) is 5.32 Å². The van der Waals surface area contributed by atoms with Crippen LogP contribution in [0, 0.1) is 11.8 Å². The standard InChI is InChI=1S/C29H45NO9/c1-8-19(4)15-26(31)38-24-12-11-22(18-25(24)39-27(32)16-20(5)9-2)17-23(28(33)35-7)30-13-14-36-29(34)37-21(6)10-3/h11-12,18-21,23,30H,8-10,13-17H2,1-7H3/t19?,20?,21?,23-/m0/s1. The van der Waals surface area contributed by atoms with E-state index in [0.29, 0.717) is 12.0 Å². The van der Waals surface area contributed by atoms with E-state index in [1.807, 2.05) is 34.6 Å². The van der Waals surface area contributed by atoms with Crippen LogP contribution < -0.4 is 14.8 Å². The van der Waals surface area contributed by atoms with Gasteiger partial charge in [0.2, 0.25) is 0 Å². The van der Waals surface area contributed by atoms with Gasteiger partial charge in [-0.05, 0) is 49.3 Å². The lowest BCUT2D eigenvalue weighted by Crippen LogP contribution is -2.41. The minimum atomic E-state index is -0.775. The Morgan fingerprint density at radius 3 is 1.97 bits per heavy atom. The molecule has 0 aromatic heterocycles. The normalized spacial score (nSPS) is 13.9. The third-order valence-corrected chi connectivity index (χ3v) is 6.39. The van der Waals surface area contributed by atoms with Crippen LogP contribution in [-0.2, 0) is 35.0 Å². The number of esters is 3. The van der Waals surface area contributed by atoms with Gasteiger partial charge in [-0.3, -0.25) is 14.4 Å². The summed E-state index contributed by atoms with van der Waals surface area (Å²) >= 11 is 0. The third-order valence-electron chi connectivity index (χ3n) is 6.39. The number of rotatable bonds is 17. The quantitative estimate of drug-likeness (QED) is 0.161. The van der Waals surface area contributed by atoms with Gasteiger partial charge < -0.3 is 29.0 Å². The average Bonchev–Trinajstić information content (AvgIpc) is 2.90. The van der Waals surface area contributed by atoms with Gasteiger partial charge in [0, 0.05) is 19.4 Å². The van der Waals surface area contributed by atoms with Crippen LogP contribution in [0.1, 0.15) is 79.2 Å². The molecule has 10 nitrogen and oxygen atoms in total. The molecular formula is C29H45NO9. The van der Waals surface area contributed by atoms with Crippen LogP contribution >= 0.6 is 0 Å². The third kappa shape index (κ3) is 13.5. The molecule has 0 amide bonds. The largest absolute Gasteiger partial charge is 0.508 e. The van der Waals surface area contributed by atoms with E-state index < -0.39 is 30.1 Å². The zero-order chi connectivity index (χ0) is 29.4. The molecular weight excluding hydrogens is 506 g/mol. The highest BCUT2D eigenvalue weighted by atomic mass is 16.7. The fraction of sp³-hybridized carbons (Fsp3) is 0.655. The Morgan fingerprint density at radius 2 is 1.44 bits per heavy atom. The second-order valence-corrected chi connectivity index (χ2v) is 9.83. The molecule has 0 saturated heterocycles. The molecule has 0 fully saturated rings. The van der Waals surface area contributed by atoms with Gasteiger partial charge in [-0.25, -0.2) is 4.79 Å². The maximum atomic E-state index is 12.5. The van der Waals surface area contributed by atoms with Crippen LogP contribution in [0.25, 0.3) is 0 Å². The minimum Gasteiger partial charge on any atom is -0.468 e. The molecule has 220 valence electrons. The van der Waals surface area contributed by atoms with E-state index in [4.69, 9.17) is 23.7 Å². The Labute approximate surface area is 232 Å². The van der Waals surface area contributed by atoms with E-state index >= 15 is 0 Å². The monoisotopic (exact) mass is 551 g/mol. The van der Waals surface area contributed by atoms with Crippen molar-refractivity contribution >= 4 is 24.1 Å². The second kappa shape index (κ2) is 18.2. The van der Waals surface area contributed by atoms with Gasteiger partial charge in [-0.2, -0.15) is 0 Å². The van der Waals surface area contributed by atoms with Crippen LogP contribution in [-0.4, -0.2) is 56.5 Å². The van der Waals surface area contributed by atoms with Crippen LogP contribution in [0.5, 0.6) is 11.5 Å². The number of carbonyl (C=O) groups is 4. The summed E-state index contributed by atoms with van der Waals surface area (Å²) in [6, 6.07) is 4.05. The smallest absolute Gasteiger partial charge is 0.468 e.